The fourth-order valence-electron chi connectivity index (χ4n) is 3.08. The lowest BCUT2D eigenvalue weighted by Gasteiger charge is -2.20. The van der Waals surface area contributed by atoms with Crippen LogP contribution in [0.1, 0.15) is 33.4 Å². The molecule has 0 saturated carbocycles. The Hall–Kier alpha value is -3.35. The summed E-state index contributed by atoms with van der Waals surface area (Å²) in [5, 5.41) is 2.88. The third-order valence-corrected chi connectivity index (χ3v) is 4.62. The molecule has 0 bridgehead atoms. The topological polar surface area (TPSA) is 65.4 Å². The number of aromatic nitrogens is 2. The Morgan fingerprint density at radius 1 is 1.18 bits per heavy atom. The van der Waals surface area contributed by atoms with Gasteiger partial charge in [0.2, 0.25) is 0 Å². The second-order valence-corrected chi connectivity index (χ2v) is 6.33. The average Bonchev–Trinajstić information content (AvgIpc) is 3.12. The number of amides is 1. The smallest absolute Gasteiger partial charge is 0.252 e. The number of hydrogen-bond acceptors (Lipinski definition) is 4. The van der Waals surface area contributed by atoms with Crippen LogP contribution in [0, 0.1) is 12.7 Å². The molecular formula is C21H22FN3O3. The number of ether oxygens (including phenoxy) is 2. The van der Waals surface area contributed by atoms with Gasteiger partial charge in [-0.1, -0.05) is 18.2 Å². The molecule has 6 nitrogen and oxygen atoms in total. The number of nitrogens with zero attached hydrogens (tertiary/aromatic N) is 2. The lowest BCUT2D eigenvalue weighted by Crippen LogP contribution is -2.31. The number of imidazole rings is 1. The van der Waals surface area contributed by atoms with Gasteiger partial charge in [0.15, 0.2) is 0 Å². The molecule has 1 atom stereocenters. The van der Waals surface area contributed by atoms with Crippen molar-refractivity contribution in [1.29, 1.82) is 0 Å². The van der Waals surface area contributed by atoms with Gasteiger partial charge in [-0.2, -0.15) is 0 Å². The monoisotopic (exact) mass is 383 g/mol. The van der Waals surface area contributed by atoms with Crippen LogP contribution in [-0.4, -0.2) is 29.7 Å². The average molecular weight is 383 g/mol. The standard InChI is InChI=1S/C21H22FN3O3/c1-13-17(27-3)11-14(12-18(13)28-4)21(26)24-19(20-23-9-10-25(20)2)15-7-5-6-8-16(15)22/h5-12,19H,1-4H3,(H,24,26). The Balaban J connectivity index is 2.01. The minimum atomic E-state index is -0.757. The maximum atomic E-state index is 14.5. The zero-order valence-electron chi connectivity index (χ0n) is 16.2. The molecule has 0 aliphatic carbocycles. The first-order chi connectivity index (χ1) is 13.5. The molecule has 0 aliphatic rings. The zero-order chi connectivity index (χ0) is 20.3. The summed E-state index contributed by atoms with van der Waals surface area (Å²) in [6.07, 6.45) is 3.35. The van der Waals surface area contributed by atoms with E-state index < -0.39 is 17.8 Å². The fourth-order valence-corrected chi connectivity index (χ4v) is 3.08. The summed E-state index contributed by atoms with van der Waals surface area (Å²) in [7, 11) is 4.85. The third kappa shape index (κ3) is 3.69. The van der Waals surface area contributed by atoms with Crippen LogP contribution in [0.15, 0.2) is 48.8 Å². The predicted octanol–water partition coefficient (Wildman–Crippen LogP) is 3.40. The Morgan fingerprint density at radius 2 is 1.82 bits per heavy atom. The fraction of sp³-hybridized carbons (Fsp3) is 0.238. The zero-order valence-corrected chi connectivity index (χ0v) is 16.2. The van der Waals surface area contributed by atoms with Crippen molar-refractivity contribution >= 4 is 5.91 Å². The van der Waals surface area contributed by atoms with Gasteiger partial charge in [0.25, 0.3) is 5.91 Å². The van der Waals surface area contributed by atoms with E-state index in [0.29, 0.717) is 28.5 Å². The van der Waals surface area contributed by atoms with Crippen molar-refractivity contribution in [2.24, 2.45) is 7.05 Å². The first kappa shape index (κ1) is 19.4. The number of carbonyl (C=O) groups is 1. The van der Waals surface area contributed by atoms with Crippen molar-refractivity contribution in [1.82, 2.24) is 14.9 Å². The second-order valence-electron chi connectivity index (χ2n) is 6.33. The van der Waals surface area contributed by atoms with Gasteiger partial charge in [0.1, 0.15) is 29.2 Å². The highest BCUT2D eigenvalue weighted by atomic mass is 19.1. The predicted molar refractivity (Wildman–Crippen MR) is 103 cm³/mol. The highest BCUT2D eigenvalue weighted by molar-refractivity contribution is 5.95. The molecule has 1 heterocycles. The number of hydrogen-bond donors (Lipinski definition) is 1. The van der Waals surface area contributed by atoms with Gasteiger partial charge in [0.05, 0.1) is 14.2 Å². The Bertz CT molecular complexity index is 975. The van der Waals surface area contributed by atoms with E-state index in [-0.39, 0.29) is 0 Å². The largest absolute Gasteiger partial charge is 0.496 e. The van der Waals surface area contributed by atoms with Crippen molar-refractivity contribution in [3.8, 4) is 11.5 Å². The van der Waals surface area contributed by atoms with Gasteiger partial charge >= 0.3 is 0 Å². The van der Waals surface area contributed by atoms with Crippen LogP contribution in [0.5, 0.6) is 11.5 Å². The van der Waals surface area contributed by atoms with Gasteiger partial charge in [0, 0.05) is 36.1 Å². The van der Waals surface area contributed by atoms with Crippen molar-refractivity contribution in [3.05, 3.63) is 77.1 Å². The molecule has 1 amide bonds. The minimum Gasteiger partial charge on any atom is -0.496 e. The summed E-state index contributed by atoms with van der Waals surface area (Å²) in [6.45, 7) is 1.84. The van der Waals surface area contributed by atoms with Crippen LogP contribution in [0.3, 0.4) is 0 Å². The summed E-state index contributed by atoms with van der Waals surface area (Å²) < 4.78 is 26.9. The number of nitrogens with one attached hydrogen (secondary N) is 1. The molecule has 0 spiro atoms. The first-order valence-electron chi connectivity index (χ1n) is 8.71. The number of methoxy groups -OCH3 is 2. The van der Waals surface area contributed by atoms with Gasteiger partial charge in [-0.3, -0.25) is 4.79 Å². The molecule has 3 rings (SSSR count). The molecule has 7 heteroatoms. The molecule has 146 valence electrons. The summed E-state index contributed by atoms with van der Waals surface area (Å²) in [5.74, 6) is 0.764. The maximum Gasteiger partial charge on any atom is 0.252 e. The molecule has 2 aromatic carbocycles. The van der Waals surface area contributed by atoms with Gasteiger partial charge in [-0.05, 0) is 25.1 Å². The first-order valence-corrected chi connectivity index (χ1v) is 8.71. The van der Waals surface area contributed by atoms with Gasteiger partial charge in [-0.15, -0.1) is 0 Å². The van der Waals surface area contributed by atoms with Crippen LogP contribution in [-0.2, 0) is 7.05 Å². The SMILES string of the molecule is COc1cc(C(=O)NC(c2ccccc2F)c2nccn2C)cc(OC)c1C. The summed E-state index contributed by atoms with van der Waals surface area (Å²) >= 11 is 0. The van der Waals surface area contributed by atoms with E-state index in [1.54, 1.807) is 54.3 Å². The Labute approximate surface area is 162 Å². The number of benzene rings is 2. The van der Waals surface area contributed by atoms with E-state index in [1.165, 1.54) is 20.3 Å². The molecule has 0 radical (unpaired) electrons. The van der Waals surface area contributed by atoms with E-state index in [2.05, 4.69) is 10.3 Å². The number of rotatable bonds is 6. The number of aryl methyl sites for hydroxylation is 1. The van der Waals surface area contributed by atoms with E-state index in [0.717, 1.165) is 5.56 Å². The van der Waals surface area contributed by atoms with Crippen molar-refractivity contribution in [2.75, 3.05) is 14.2 Å². The number of carbonyl (C=O) groups excluding carboxylic acids is 1. The highest BCUT2D eigenvalue weighted by Crippen LogP contribution is 2.30. The van der Waals surface area contributed by atoms with Gasteiger partial charge < -0.3 is 19.4 Å². The molecule has 1 N–H and O–H groups in total. The summed E-state index contributed by atoms with van der Waals surface area (Å²) in [5.41, 5.74) is 1.46. The summed E-state index contributed by atoms with van der Waals surface area (Å²) in [4.78, 5) is 17.3. The minimum absolute atomic E-state index is 0.330. The third-order valence-electron chi connectivity index (χ3n) is 4.62. The molecular weight excluding hydrogens is 361 g/mol. The molecule has 1 unspecified atom stereocenters. The van der Waals surface area contributed by atoms with Crippen molar-refractivity contribution in [3.63, 3.8) is 0 Å². The lowest BCUT2D eigenvalue weighted by atomic mass is 10.0. The Morgan fingerprint density at radius 3 is 2.36 bits per heavy atom. The quantitative estimate of drug-likeness (QED) is 0.709. The molecule has 28 heavy (non-hydrogen) atoms. The van der Waals surface area contributed by atoms with Crippen molar-refractivity contribution < 1.29 is 18.7 Å². The highest BCUT2D eigenvalue weighted by Gasteiger charge is 2.25. The number of halogens is 1. The molecule has 3 aromatic rings. The van der Waals surface area contributed by atoms with Crippen LogP contribution < -0.4 is 14.8 Å². The van der Waals surface area contributed by atoms with Crippen LogP contribution in [0.2, 0.25) is 0 Å². The van der Waals surface area contributed by atoms with E-state index in [9.17, 15) is 9.18 Å². The van der Waals surface area contributed by atoms with Crippen LogP contribution in [0.4, 0.5) is 4.39 Å². The van der Waals surface area contributed by atoms with Gasteiger partial charge in [-0.25, -0.2) is 9.37 Å². The molecule has 0 aliphatic heterocycles. The van der Waals surface area contributed by atoms with E-state index >= 15 is 0 Å². The van der Waals surface area contributed by atoms with Crippen LogP contribution >= 0.6 is 0 Å². The van der Waals surface area contributed by atoms with Crippen LogP contribution in [0.25, 0.3) is 0 Å². The second kappa shape index (κ2) is 8.12. The normalized spacial score (nSPS) is 11.8. The van der Waals surface area contributed by atoms with E-state index in [4.69, 9.17) is 9.47 Å². The molecule has 1 aromatic heterocycles. The molecule has 0 fully saturated rings. The summed E-state index contributed by atoms with van der Waals surface area (Å²) in [6, 6.07) is 8.81. The molecule has 0 saturated heterocycles. The maximum absolute atomic E-state index is 14.5. The lowest BCUT2D eigenvalue weighted by molar-refractivity contribution is 0.0940. The van der Waals surface area contributed by atoms with Crippen molar-refractivity contribution in [2.45, 2.75) is 13.0 Å². The van der Waals surface area contributed by atoms with E-state index in [1.807, 2.05) is 6.92 Å². The Kier molecular flexibility index (Phi) is 5.63.